The molecule has 1 fully saturated rings. The van der Waals surface area contributed by atoms with Crippen molar-refractivity contribution in [2.75, 3.05) is 18.1 Å². The van der Waals surface area contributed by atoms with Crippen molar-refractivity contribution in [1.29, 1.82) is 0 Å². The second kappa shape index (κ2) is 6.71. The minimum absolute atomic E-state index is 0.0321. The predicted octanol–water partition coefficient (Wildman–Crippen LogP) is 2.12. The standard InChI is InChI=1S/C16H16N4O5/c1-11-9-14(17-25-11)19(10-18-8-4-7-15(18)21)16(22)12-5-2-3-6-13(12)20(23)24/h2-3,5-6,9H,4,7-8,10H2,1H3. The molecule has 9 nitrogen and oxygen atoms in total. The van der Waals surface area contributed by atoms with E-state index in [2.05, 4.69) is 5.16 Å². The molecule has 3 rings (SSSR count). The number of hydrogen-bond donors (Lipinski definition) is 0. The van der Waals surface area contributed by atoms with Crippen molar-refractivity contribution in [3.05, 3.63) is 51.8 Å². The van der Waals surface area contributed by atoms with Gasteiger partial charge < -0.3 is 9.42 Å². The molecule has 0 aliphatic carbocycles. The first-order chi connectivity index (χ1) is 12.0. The number of para-hydroxylation sites is 1. The van der Waals surface area contributed by atoms with Crippen LogP contribution in [0.5, 0.6) is 0 Å². The van der Waals surface area contributed by atoms with Crippen molar-refractivity contribution in [3.8, 4) is 0 Å². The second-order valence-corrected chi connectivity index (χ2v) is 5.71. The monoisotopic (exact) mass is 344 g/mol. The molecule has 25 heavy (non-hydrogen) atoms. The summed E-state index contributed by atoms with van der Waals surface area (Å²) in [5.41, 5.74) is -0.370. The van der Waals surface area contributed by atoms with Gasteiger partial charge in [-0.1, -0.05) is 17.3 Å². The molecule has 0 saturated carbocycles. The van der Waals surface area contributed by atoms with Gasteiger partial charge in [0.25, 0.3) is 11.6 Å². The molecule has 2 heterocycles. The van der Waals surface area contributed by atoms with Crippen molar-refractivity contribution in [2.45, 2.75) is 19.8 Å². The Labute approximate surface area is 142 Å². The molecule has 0 radical (unpaired) electrons. The molecule has 1 aromatic heterocycles. The molecule has 0 bridgehead atoms. The van der Waals surface area contributed by atoms with Gasteiger partial charge in [0.15, 0.2) is 5.82 Å². The van der Waals surface area contributed by atoms with Crippen molar-refractivity contribution in [2.24, 2.45) is 0 Å². The van der Waals surface area contributed by atoms with Crippen LogP contribution in [-0.2, 0) is 4.79 Å². The zero-order chi connectivity index (χ0) is 18.0. The van der Waals surface area contributed by atoms with E-state index in [4.69, 9.17) is 4.52 Å². The van der Waals surface area contributed by atoms with Crippen molar-refractivity contribution >= 4 is 23.3 Å². The molecule has 0 atom stereocenters. The molecule has 1 saturated heterocycles. The molecule has 0 unspecified atom stereocenters. The number of carbonyl (C=O) groups is 2. The number of nitro benzene ring substituents is 1. The molecule has 1 aliphatic heterocycles. The maximum absolute atomic E-state index is 13.0. The molecule has 2 aromatic rings. The Morgan fingerprint density at radius 1 is 1.44 bits per heavy atom. The average Bonchev–Trinajstić information content (AvgIpc) is 3.20. The van der Waals surface area contributed by atoms with Gasteiger partial charge in [-0.3, -0.25) is 24.6 Å². The Morgan fingerprint density at radius 2 is 2.20 bits per heavy atom. The van der Waals surface area contributed by atoms with Gasteiger partial charge in [-0.25, -0.2) is 0 Å². The van der Waals surface area contributed by atoms with E-state index in [1.165, 1.54) is 28.0 Å². The largest absolute Gasteiger partial charge is 0.360 e. The Kier molecular flexibility index (Phi) is 4.46. The number of anilines is 1. The van der Waals surface area contributed by atoms with Gasteiger partial charge in [0.1, 0.15) is 18.0 Å². The Morgan fingerprint density at radius 3 is 2.80 bits per heavy atom. The maximum Gasteiger partial charge on any atom is 0.282 e. The number of likely N-dealkylation sites (tertiary alicyclic amines) is 1. The van der Waals surface area contributed by atoms with Crippen LogP contribution in [0.25, 0.3) is 0 Å². The fourth-order valence-electron chi connectivity index (χ4n) is 2.70. The van der Waals surface area contributed by atoms with Gasteiger partial charge in [-0.2, -0.15) is 0 Å². The van der Waals surface area contributed by atoms with Crippen molar-refractivity contribution in [1.82, 2.24) is 10.1 Å². The van der Waals surface area contributed by atoms with E-state index in [0.717, 1.165) is 0 Å². The molecule has 9 heteroatoms. The first-order valence-corrected chi connectivity index (χ1v) is 7.74. The van der Waals surface area contributed by atoms with E-state index < -0.39 is 10.8 Å². The summed E-state index contributed by atoms with van der Waals surface area (Å²) in [6.45, 7) is 2.16. The zero-order valence-electron chi connectivity index (χ0n) is 13.5. The number of amides is 2. The lowest BCUT2D eigenvalue weighted by atomic mass is 10.1. The third kappa shape index (κ3) is 3.35. The molecular formula is C16H16N4O5. The molecule has 0 spiro atoms. The van der Waals surface area contributed by atoms with Crippen molar-refractivity contribution < 1.29 is 19.0 Å². The number of aromatic nitrogens is 1. The normalized spacial score (nSPS) is 14.0. The smallest absolute Gasteiger partial charge is 0.282 e. The van der Waals surface area contributed by atoms with Gasteiger partial charge in [0.05, 0.1) is 4.92 Å². The van der Waals surface area contributed by atoms with Crippen LogP contribution in [0.15, 0.2) is 34.9 Å². The lowest BCUT2D eigenvalue weighted by Gasteiger charge is -2.25. The van der Waals surface area contributed by atoms with Crippen LogP contribution in [0, 0.1) is 17.0 Å². The van der Waals surface area contributed by atoms with Crippen LogP contribution in [0.1, 0.15) is 29.0 Å². The summed E-state index contributed by atoms with van der Waals surface area (Å²) >= 11 is 0. The summed E-state index contributed by atoms with van der Waals surface area (Å²) in [4.78, 5) is 38.3. The van der Waals surface area contributed by atoms with Gasteiger partial charge in [0.2, 0.25) is 5.91 Å². The summed E-state index contributed by atoms with van der Waals surface area (Å²) in [5, 5.41) is 15.0. The molecule has 1 aliphatic rings. The van der Waals surface area contributed by atoms with Crippen LogP contribution in [-0.4, -0.2) is 40.0 Å². The van der Waals surface area contributed by atoms with E-state index in [1.54, 1.807) is 19.1 Å². The van der Waals surface area contributed by atoms with Crippen molar-refractivity contribution in [3.63, 3.8) is 0 Å². The van der Waals surface area contributed by atoms with Gasteiger partial charge in [-0.05, 0) is 19.4 Å². The number of nitro groups is 1. The maximum atomic E-state index is 13.0. The van der Waals surface area contributed by atoms with E-state index in [-0.39, 0.29) is 29.6 Å². The molecule has 1 aromatic carbocycles. The average molecular weight is 344 g/mol. The van der Waals surface area contributed by atoms with E-state index >= 15 is 0 Å². The molecule has 130 valence electrons. The van der Waals surface area contributed by atoms with Crippen LogP contribution in [0.3, 0.4) is 0 Å². The third-order valence-electron chi connectivity index (χ3n) is 3.95. The minimum atomic E-state index is -0.611. The van der Waals surface area contributed by atoms with Crippen LogP contribution < -0.4 is 4.90 Å². The number of benzene rings is 1. The second-order valence-electron chi connectivity index (χ2n) is 5.71. The summed E-state index contributed by atoms with van der Waals surface area (Å²) in [7, 11) is 0. The summed E-state index contributed by atoms with van der Waals surface area (Å²) in [6, 6.07) is 7.23. The van der Waals surface area contributed by atoms with Gasteiger partial charge >= 0.3 is 0 Å². The fourth-order valence-corrected chi connectivity index (χ4v) is 2.70. The quantitative estimate of drug-likeness (QED) is 0.607. The fraction of sp³-hybridized carbons (Fsp3) is 0.312. The Balaban J connectivity index is 1.98. The summed E-state index contributed by atoms with van der Waals surface area (Å²) < 4.78 is 5.02. The highest BCUT2D eigenvalue weighted by molar-refractivity contribution is 6.08. The molecule has 0 N–H and O–H groups in total. The highest BCUT2D eigenvalue weighted by atomic mass is 16.6. The number of aryl methyl sites for hydroxylation is 1. The van der Waals surface area contributed by atoms with Crippen LogP contribution in [0.2, 0.25) is 0 Å². The first kappa shape index (κ1) is 16.6. The third-order valence-corrected chi connectivity index (χ3v) is 3.95. The Bertz CT molecular complexity index is 831. The number of rotatable bonds is 5. The number of nitrogens with zero attached hydrogens (tertiary/aromatic N) is 4. The SMILES string of the molecule is Cc1cc(N(CN2CCCC2=O)C(=O)c2ccccc2[N+](=O)[O-])no1. The summed E-state index contributed by atoms with van der Waals surface area (Å²) in [5.74, 6) is 0.0179. The molecular weight excluding hydrogens is 328 g/mol. The van der Waals surface area contributed by atoms with E-state index in [9.17, 15) is 19.7 Å². The highest BCUT2D eigenvalue weighted by Crippen LogP contribution is 2.24. The topological polar surface area (TPSA) is 110 Å². The lowest BCUT2D eigenvalue weighted by Crippen LogP contribution is -2.42. The Hall–Kier alpha value is -3.23. The summed E-state index contributed by atoms with van der Waals surface area (Å²) in [6.07, 6.45) is 1.13. The first-order valence-electron chi connectivity index (χ1n) is 7.74. The number of carbonyl (C=O) groups excluding carboxylic acids is 2. The van der Waals surface area contributed by atoms with Crippen LogP contribution >= 0.6 is 0 Å². The minimum Gasteiger partial charge on any atom is -0.360 e. The lowest BCUT2D eigenvalue weighted by molar-refractivity contribution is -0.385. The van der Waals surface area contributed by atoms with E-state index in [1.807, 2.05) is 0 Å². The van der Waals surface area contributed by atoms with Gasteiger partial charge in [-0.15, -0.1) is 0 Å². The van der Waals surface area contributed by atoms with Gasteiger partial charge in [0, 0.05) is 25.1 Å². The number of hydrogen-bond acceptors (Lipinski definition) is 6. The van der Waals surface area contributed by atoms with Crippen LogP contribution in [0.4, 0.5) is 11.5 Å². The predicted molar refractivity (Wildman–Crippen MR) is 87.0 cm³/mol. The zero-order valence-corrected chi connectivity index (χ0v) is 13.5. The highest BCUT2D eigenvalue weighted by Gasteiger charge is 2.31. The van der Waals surface area contributed by atoms with E-state index in [0.29, 0.717) is 25.1 Å². The molecule has 2 amide bonds.